The van der Waals surface area contributed by atoms with Crippen molar-refractivity contribution < 1.29 is 13.9 Å². The first-order chi connectivity index (χ1) is 11.7. The Kier molecular flexibility index (Phi) is 3.73. The van der Waals surface area contributed by atoms with Crippen LogP contribution < -0.4 is 14.8 Å². The van der Waals surface area contributed by atoms with Crippen LogP contribution in [0.1, 0.15) is 17.7 Å². The van der Waals surface area contributed by atoms with Crippen LogP contribution in [0, 0.1) is 0 Å². The first-order valence-electron chi connectivity index (χ1n) is 7.33. The van der Waals surface area contributed by atoms with E-state index in [9.17, 15) is 0 Å². The van der Waals surface area contributed by atoms with Crippen LogP contribution in [0.3, 0.4) is 0 Å². The quantitative estimate of drug-likeness (QED) is 0.776. The van der Waals surface area contributed by atoms with Gasteiger partial charge in [-0.25, -0.2) is 0 Å². The van der Waals surface area contributed by atoms with Crippen LogP contribution in [0.4, 0.5) is 6.01 Å². The summed E-state index contributed by atoms with van der Waals surface area (Å²) in [6.07, 6.45) is 1.14. The van der Waals surface area contributed by atoms with E-state index in [2.05, 4.69) is 20.6 Å². The zero-order valence-corrected chi connectivity index (χ0v) is 13.5. The minimum atomic E-state index is -0.441. The minimum absolute atomic E-state index is 0.282. The van der Waals surface area contributed by atoms with E-state index >= 15 is 0 Å². The molecule has 0 fully saturated rings. The molecule has 3 heterocycles. The zero-order valence-electron chi connectivity index (χ0n) is 12.8. The van der Waals surface area contributed by atoms with Crippen molar-refractivity contribution in [2.45, 2.75) is 12.6 Å². The first-order valence-corrected chi connectivity index (χ1v) is 7.70. The van der Waals surface area contributed by atoms with Gasteiger partial charge in [-0.1, -0.05) is 28.8 Å². The zero-order chi connectivity index (χ0) is 16.5. The van der Waals surface area contributed by atoms with Gasteiger partial charge in [0.15, 0.2) is 11.5 Å². The molecule has 0 spiro atoms. The molecule has 4 rings (SSSR count). The first kappa shape index (κ1) is 14.8. The number of anilines is 1. The second kappa shape index (κ2) is 6.04. The molecule has 0 bridgehead atoms. The number of aromatic nitrogens is 4. The van der Waals surface area contributed by atoms with Crippen molar-refractivity contribution in [3.63, 3.8) is 0 Å². The summed E-state index contributed by atoms with van der Waals surface area (Å²) in [6, 6.07) is 7.74. The van der Waals surface area contributed by atoms with Gasteiger partial charge in [-0.15, -0.1) is 5.10 Å². The van der Waals surface area contributed by atoms with Gasteiger partial charge in [-0.3, -0.25) is 4.68 Å². The Labute approximate surface area is 142 Å². The fraction of sp³-hybridized carbons (Fsp3) is 0.267. The summed E-state index contributed by atoms with van der Waals surface area (Å²) in [5.41, 5.74) is 0.822. The lowest BCUT2D eigenvalue weighted by atomic mass is 10.2. The van der Waals surface area contributed by atoms with Gasteiger partial charge in [0, 0.05) is 7.05 Å². The smallest absolute Gasteiger partial charge is 0.315 e. The molecule has 124 valence electrons. The molecule has 3 aromatic rings. The van der Waals surface area contributed by atoms with Gasteiger partial charge < -0.3 is 19.2 Å². The predicted molar refractivity (Wildman–Crippen MR) is 85.1 cm³/mol. The normalized spacial score (nSPS) is 16.2. The third-order valence-corrected chi connectivity index (χ3v) is 3.96. The molecule has 24 heavy (non-hydrogen) atoms. The molecule has 1 aliphatic rings. The number of para-hydroxylation sites is 2. The molecule has 0 saturated heterocycles. The molecule has 0 amide bonds. The Morgan fingerprint density at radius 2 is 2.12 bits per heavy atom. The maximum Gasteiger partial charge on any atom is 0.315 e. The third-order valence-electron chi connectivity index (χ3n) is 3.64. The van der Waals surface area contributed by atoms with E-state index < -0.39 is 6.10 Å². The number of aryl methyl sites for hydroxylation is 1. The van der Waals surface area contributed by atoms with Crippen LogP contribution in [0.2, 0.25) is 5.02 Å². The van der Waals surface area contributed by atoms with Crippen molar-refractivity contribution in [2.75, 3.05) is 11.9 Å². The van der Waals surface area contributed by atoms with Crippen LogP contribution in [0.15, 0.2) is 34.9 Å². The number of nitrogens with one attached hydrogen (secondary N) is 1. The van der Waals surface area contributed by atoms with Crippen LogP contribution in [0.5, 0.6) is 11.5 Å². The molecule has 1 aromatic carbocycles. The van der Waals surface area contributed by atoms with Crippen molar-refractivity contribution in [1.82, 2.24) is 20.0 Å². The molecule has 8 nitrogen and oxygen atoms in total. The lowest BCUT2D eigenvalue weighted by Crippen LogP contribution is -2.21. The van der Waals surface area contributed by atoms with Crippen molar-refractivity contribution in [3.8, 4) is 11.5 Å². The molecule has 9 heteroatoms. The summed E-state index contributed by atoms with van der Waals surface area (Å²) in [5, 5.41) is 15.7. The summed E-state index contributed by atoms with van der Waals surface area (Å²) >= 11 is 6.06. The lowest BCUT2D eigenvalue weighted by Gasteiger charge is -2.23. The molecule has 0 aliphatic carbocycles. The van der Waals surface area contributed by atoms with Crippen molar-refractivity contribution in [3.05, 3.63) is 47.1 Å². The number of benzene rings is 1. The molecule has 1 N–H and O–H groups in total. The highest BCUT2D eigenvalue weighted by molar-refractivity contribution is 6.31. The van der Waals surface area contributed by atoms with Gasteiger partial charge >= 0.3 is 6.01 Å². The molecule has 0 unspecified atom stereocenters. The average Bonchev–Trinajstić information content (AvgIpc) is 3.20. The van der Waals surface area contributed by atoms with E-state index in [-0.39, 0.29) is 6.01 Å². The predicted octanol–water partition coefficient (Wildman–Crippen LogP) is 2.58. The topological polar surface area (TPSA) is 87.2 Å². The van der Waals surface area contributed by atoms with Crippen LogP contribution in [-0.4, -0.2) is 26.6 Å². The second-order valence-electron chi connectivity index (χ2n) is 5.23. The van der Waals surface area contributed by atoms with E-state index in [0.717, 1.165) is 5.69 Å². The van der Waals surface area contributed by atoms with E-state index in [1.807, 2.05) is 31.3 Å². The number of ether oxygens (including phenoxy) is 2. The molecule has 0 saturated carbocycles. The number of halogens is 1. The number of hydrogen-bond donors (Lipinski definition) is 1. The summed E-state index contributed by atoms with van der Waals surface area (Å²) < 4.78 is 18.8. The van der Waals surface area contributed by atoms with E-state index in [1.54, 1.807) is 10.9 Å². The number of rotatable bonds is 4. The number of nitrogens with zero attached hydrogens (tertiary/aromatic N) is 4. The summed E-state index contributed by atoms with van der Waals surface area (Å²) in [5.74, 6) is 1.71. The Bertz CT molecular complexity index is 843. The van der Waals surface area contributed by atoms with Gasteiger partial charge in [-0.2, -0.15) is 5.10 Å². The van der Waals surface area contributed by atoms with E-state index in [0.29, 0.717) is 35.6 Å². The maximum atomic E-state index is 6.06. The SMILES string of the molecule is Cn1ncc(Cl)c1CNc1nnc([C@H]2COc3ccccc3O2)o1. The van der Waals surface area contributed by atoms with Gasteiger partial charge in [-0.05, 0) is 12.1 Å². The molecular weight excluding hydrogens is 334 g/mol. The Balaban J connectivity index is 1.44. The van der Waals surface area contributed by atoms with Crippen molar-refractivity contribution in [2.24, 2.45) is 7.05 Å². The fourth-order valence-electron chi connectivity index (χ4n) is 2.37. The summed E-state index contributed by atoms with van der Waals surface area (Å²) in [4.78, 5) is 0. The van der Waals surface area contributed by atoms with Crippen LogP contribution >= 0.6 is 11.6 Å². The Hall–Kier alpha value is -2.74. The molecule has 2 aromatic heterocycles. The number of fused-ring (bicyclic) bond motifs is 1. The Morgan fingerprint density at radius 3 is 2.92 bits per heavy atom. The minimum Gasteiger partial charge on any atom is -0.485 e. The summed E-state index contributed by atoms with van der Waals surface area (Å²) in [6.45, 7) is 0.730. The fourth-order valence-corrected chi connectivity index (χ4v) is 2.60. The van der Waals surface area contributed by atoms with Crippen LogP contribution in [0.25, 0.3) is 0 Å². The van der Waals surface area contributed by atoms with Crippen LogP contribution in [-0.2, 0) is 13.6 Å². The molecule has 1 atom stereocenters. The van der Waals surface area contributed by atoms with Gasteiger partial charge in [0.05, 0.1) is 23.5 Å². The highest BCUT2D eigenvalue weighted by Gasteiger charge is 2.27. The molecule has 1 aliphatic heterocycles. The van der Waals surface area contributed by atoms with E-state index in [1.165, 1.54) is 0 Å². The maximum absolute atomic E-state index is 6.06. The highest BCUT2D eigenvalue weighted by atomic mass is 35.5. The van der Waals surface area contributed by atoms with E-state index in [4.69, 9.17) is 25.5 Å². The van der Waals surface area contributed by atoms with Crippen molar-refractivity contribution in [1.29, 1.82) is 0 Å². The van der Waals surface area contributed by atoms with Crippen molar-refractivity contribution >= 4 is 17.6 Å². The van der Waals surface area contributed by atoms with Gasteiger partial charge in [0.2, 0.25) is 6.10 Å². The lowest BCUT2D eigenvalue weighted by molar-refractivity contribution is 0.0717. The average molecular weight is 348 g/mol. The highest BCUT2D eigenvalue weighted by Crippen LogP contribution is 2.35. The second-order valence-corrected chi connectivity index (χ2v) is 5.63. The number of hydrogen-bond acceptors (Lipinski definition) is 7. The Morgan fingerprint density at radius 1 is 1.29 bits per heavy atom. The summed E-state index contributed by atoms with van der Waals surface area (Å²) in [7, 11) is 1.81. The monoisotopic (exact) mass is 347 g/mol. The molecular formula is C15H14ClN5O3. The largest absolute Gasteiger partial charge is 0.485 e. The van der Waals surface area contributed by atoms with Gasteiger partial charge in [0.25, 0.3) is 5.89 Å². The standard InChI is InChI=1S/C15H14ClN5O3/c1-21-10(9(16)6-18-21)7-17-15-20-19-14(24-15)13-8-22-11-4-2-3-5-12(11)23-13/h2-6,13H,7-8H2,1H3,(H,17,20)/t13-/m1/s1. The third kappa shape index (κ3) is 2.76. The van der Waals surface area contributed by atoms with Gasteiger partial charge in [0.1, 0.15) is 6.61 Å². The molecule has 0 radical (unpaired) electrons.